The lowest BCUT2D eigenvalue weighted by Gasteiger charge is -2.19. The van der Waals surface area contributed by atoms with Crippen LogP contribution in [0.5, 0.6) is 0 Å². The molecule has 4 atom stereocenters. The van der Waals surface area contributed by atoms with Crippen molar-refractivity contribution in [3.63, 3.8) is 0 Å². The molecule has 1 saturated heterocycles. The summed E-state index contributed by atoms with van der Waals surface area (Å²) in [6.45, 7) is 5.76. The van der Waals surface area contributed by atoms with Crippen molar-refractivity contribution in [2.24, 2.45) is 0 Å². The van der Waals surface area contributed by atoms with E-state index >= 15 is 0 Å². The second-order valence-corrected chi connectivity index (χ2v) is 4.84. The lowest BCUT2D eigenvalue weighted by molar-refractivity contribution is -0.146. The van der Waals surface area contributed by atoms with Gasteiger partial charge in [-0.1, -0.05) is 26.7 Å². The maximum Gasteiger partial charge on any atom is 0.191 e. The molecular formula is C14H27FO4. The summed E-state index contributed by atoms with van der Waals surface area (Å²) in [5.74, 6) is 0. The van der Waals surface area contributed by atoms with Crippen LogP contribution in [0.4, 0.5) is 4.39 Å². The van der Waals surface area contributed by atoms with E-state index in [1.807, 2.05) is 0 Å². The van der Waals surface area contributed by atoms with Gasteiger partial charge in [0, 0.05) is 20.3 Å². The summed E-state index contributed by atoms with van der Waals surface area (Å²) in [4.78, 5) is 0. The van der Waals surface area contributed by atoms with Gasteiger partial charge in [-0.2, -0.15) is 0 Å². The smallest absolute Gasteiger partial charge is 0.191 e. The molecule has 1 rings (SSSR count). The monoisotopic (exact) mass is 278 g/mol. The molecule has 19 heavy (non-hydrogen) atoms. The van der Waals surface area contributed by atoms with Crippen molar-refractivity contribution in [1.82, 2.24) is 0 Å². The van der Waals surface area contributed by atoms with Crippen molar-refractivity contribution >= 4 is 0 Å². The predicted molar refractivity (Wildman–Crippen MR) is 70.9 cm³/mol. The van der Waals surface area contributed by atoms with E-state index in [9.17, 15) is 4.39 Å². The van der Waals surface area contributed by atoms with Crippen LogP contribution in [0, 0.1) is 0 Å². The lowest BCUT2D eigenvalue weighted by Crippen LogP contribution is -2.35. The fourth-order valence-corrected chi connectivity index (χ4v) is 2.01. The maximum absolute atomic E-state index is 14.1. The topological polar surface area (TPSA) is 36.9 Å². The number of unbranched alkanes of at least 4 members (excludes halogenated alkanes) is 2. The van der Waals surface area contributed by atoms with Crippen LogP contribution < -0.4 is 0 Å². The number of hydrogen-bond donors (Lipinski definition) is 0. The summed E-state index contributed by atoms with van der Waals surface area (Å²) in [5, 5.41) is 0. The quantitative estimate of drug-likeness (QED) is 0.576. The molecule has 4 nitrogen and oxygen atoms in total. The van der Waals surface area contributed by atoms with Crippen molar-refractivity contribution in [3.05, 3.63) is 0 Å². The first-order valence-corrected chi connectivity index (χ1v) is 7.26. The first-order valence-electron chi connectivity index (χ1n) is 7.26. The van der Waals surface area contributed by atoms with Crippen molar-refractivity contribution < 1.29 is 23.3 Å². The number of methoxy groups -OCH3 is 1. The minimum atomic E-state index is -1.25. The van der Waals surface area contributed by atoms with Crippen LogP contribution in [0.1, 0.15) is 39.5 Å². The largest absolute Gasteiger partial charge is 0.379 e. The van der Waals surface area contributed by atoms with Crippen LogP contribution in [-0.2, 0) is 18.9 Å². The van der Waals surface area contributed by atoms with Gasteiger partial charge in [-0.05, 0) is 12.8 Å². The van der Waals surface area contributed by atoms with Crippen LogP contribution in [0.15, 0.2) is 0 Å². The summed E-state index contributed by atoms with van der Waals surface area (Å²) >= 11 is 0. The average Bonchev–Trinajstić information content (AvgIpc) is 2.72. The molecule has 0 N–H and O–H groups in total. The van der Waals surface area contributed by atoms with Gasteiger partial charge in [-0.15, -0.1) is 0 Å². The summed E-state index contributed by atoms with van der Waals surface area (Å²) < 4.78 is 35.7. The standard InChI is InChI=1S/C14H27FO4/c1-4-6-8-17-10-11-13(18-9-7-5-2)12(15)14(16-3)19-11/h11-14H,4-10H2,1-3H3/t11-,12-,13-,14?/m1/s1. The number of hydrogen-bond acceptors (Lipinski definition) is 4. The molecule has 0 radical (unpaired) electrons. The van der Waals surface area contributed by atoms with Crippen LogP contribution in [0.25, 0.3) is 0 Å². The van der Waals surface area contributed by atoms with Gasteiger partial charge in [-0.3, -0.25) is 0 Å². The Morgan fingerprint density at radius 3 is 2.42 bits per heavy atom. The molecule has 1 aliphatic rings. The fraction of sp³-hybridized carbons (Fsp3) is 1.00. The highest BCUT2D eigenvalue weighted by molar-refractivity contribution is 4.88. The summed E-state index contributed by atoms with van der Waals surface area (Å²) in [6, 6.07) is 0. The van der Waals surface area contributed by atoms with E-state index in [0.29, 0.717) is 19.8 Å². The van der Waals surface area contributed by atoms with Crippen molar-refractivity contribution in [1.29, 1.82) is 0 Å². The molecule has 0 aliphatic carbocycles. The summed E-state index contributed by atoms with van der Waals surface area (Å²) in [7, 11) is 1.45. The van der Waals surface area contributed by atoms with E-state index in [2.05, 4.69) is 13.8 Å². The van der Waals surface area contributed by atoms with E-state index < -0.39 is 18.6 Å². The Balaban J connectivity index is 2.40. The third kappa shape index (κ3) is 5.34. The Labute approximate surface area is 115 Å². The van der Waals surface area contributed by atoms with Gasteiger partial charge >= 0.3 is 0 Å². The third-order valence-electron chi connectivity index (χ3n) is 3.21. The second-order valence-electron chi connectivity index (χ2n) is 4.84. The fourth-order valence-electron chi connectivity index (χ4n) is 2.01. The minimum absolute atomic E-state index is 0.358. The molecule has 0 saturated carbocycles. The Hall–Kier alpha value is -0.230. The Morgan fingerprint density at radius 2 is 1.79 bits per heavy atom. The number of halogens is 1. The lowest BCUT2D eigenvalue weighted by atomic mass is 10.1. The van der Waals surface area contributed by atoms with Gasteiger partial charge in [0.15, 0.2) is 12.5 Å². The van der Waals surface area contributed by atoms with E-state index in [-0.39, 0.29) is 6.10 Å². The zero-order valence-corrected chi connectivity index (χ0v) is 12.3. The van der Waals surface area contributed by atoms with Gasteiger partial charge in [-0.25, -0.2) is 4.39 Å². The van der Waals surface area contributed by atoms with Crippen molar-refractivity contribution in [2.45, 2.75) is 64.2 Å². The molecule has 5 heteroatoms. The van der Waals surface area contributed by atoms with Gasteiger partial charge in [0.05, 0.1) is 6.61 Å². The first kappa shape index (κ1) is 16.8. The summed E-state index contributed by atoms with van der Waals surface area (Å²) in [6.07, 6.45) is 0.967. The SMILES string of the molecule is CCCCOC[C@H]1OC(OC)[C@H](F)[C@@H]1OCCCC. The molecule has 0 amide bonds. The molecule has 0 aromatic rings. The second kappa shape index (κ2) is 9.64. The molecule has 1 heterocycles. The normalized spacial score (nSPS) is 30.9. The van der Waals surface area contributed by atoms with E-state index in [4.69, 9.17) is 18.9 Å². The maximum atomic E-state index is 14.1. The Bertz CT molecular complexity index is 227. The van der Waals surface area contributed by atoms with Crippen LogP contribution in [0.3, 0.4) is 0 Å². The highest BCUT2D eigenvalue weighted by atomic mass is 19.1. The third-order valence-corrected chi connectivity index (χ3v) is 3.21. The number of ether oxygens (including phenoxy) is 4. The zero-order valence-electron chi connectivity index (χ0n) is 12.3. The van der Waals surface area contributed by atoms with Gasteiger partial charge in [0.25, 0.3) is 0 Å². The van der Waals surface area contributed by atoms with Crippen molar-refractivity contribution in [2.75, 3.05) is 26.9 Å². The molecule has 114 valence electrons. The minimum Gasteiger partial charge on any atom is -0.379 e. The van der Waals surface area contributed by atoms with Gasteiger partial charge < -0.3 is 18.9 Å². The molecule has 1 unspecified atom stereocenters. The highest BCUT2D eigenvalue weighted by Crippen LogP contribution is 2.27. The number of rotatable bonds is 10. The van der Waals surface area contributed by atoms with Crippen LogP contribution in [0.2, 0.25) is 0 Å². The van der Waals surface area contributed by atoms with E-state index in [1.54, 1.807) is 0 Å². The van der Waals surface area contributed by atoms with Crippen molar-refractivity contribution in [3.8, 4) is 0 Å². The molecule has 1 fully saturated rings. The highest BCUT2D eigenvalue weighted by Gasteiger charge is 2.46. The van der Waals surface area contributed by atoms with E-state index in [0.717, 1.165) is 25.7 Å². The Kier molecular flexibility index (Phi) is 8.53. The predicted octanol–water partition coefficient (Wildman–Crippen LogP) is 2.70. The van der Waals surface area contributed by atoms with Crippen LogP contribution in [-0.4, -0.2) is 51.6 Å². The zero-order chi connectivity index (χ0) is 14.1. The average molecular weight is 278 g/mol. The molecule has 0 bridgehead atoms. The molecule has 0 aromatic carbocycles. The summed E-state index contributed by atoms with van der Waals surface area (Å²) in [5.41, 5.74) is 0. The molecule has 0 spiro atoms. The van der Waals surface area contributed by atoms with Gasteiger partial charge in [0.2, 0.25) is 0 Å². The van der Waals surface area contributed by atoms with E-state index in [1.165, 1.54) is 7.11 Å². The molecule has 0 aromatic heterocycles. The Morgan fingerprint density at radius 1 is 1.11 bits per heavy atom. The van der Waals surface area contributed by atoms with Gasteiger partial charge in [0.1, 0.15) is 12.2 Å². The van der Waals surface area contributed by atoms with Crippen LogP contribution >= 0.6 is 0 Å². The number of alkyl halides is 1. The molecule has 1 aliphatic heterocycles. The molecular weight excluding hydrogens is 251 g/mol. The first-order chi connectivity index (χ1) is 9.24.